The molecule has 0 unspecified atom stereocenters. The van der Waals surface area contributed by atoms with Gasteiger partial charge in [-0.1, -0.05) is 42.5 Å². The fourth-order valence-electron chi connectivity index (χ4n) is 3.03. The van der Waals surface area contributed by atoms with Crippen LogP contribution in [-0.2, 0) is 6.42 Å². The summed E-state index contributed by atoms with van der Waals surface area (Å²) in [7, 11) is 0. The largest absolute Gasteiger partial charge is 0.478 e. The Morgan fingerprint density at radius 2 is 1.79 bits per heavy atom. The van der Waals surface area contributed by atoms with Gasteiger partial charge in [0.25, 0.3) is 0 Å². The van der Waals surface area contributed by atoms with Crippen LogP contribution in [0.3, 0.4) is 0 Å². The molecule has 3 rings (SSSR count). The van der Waals surface area contributed by atoms with Gasteiger partial charge in [0.15, 0.2) is 0 Å². The summed E-state index contributed by atoms with van der Waals surface area (Å²) in [4.78, 5) is 13.4. The lowest BCUT2D eigenvalue weighted by molar-refractivity contribution is 0.0695. The van der Waals surface area contributed by atoms with Gasteiger partial charge < -0.3 is 10.8 Å². The van der Waals surface area contributed by atoms with Gasteiger partial charge in [0.05, 0.1) is 5.56 Å². The summed E-state index contributed by atoms with van der Waals surface area (Å²) in [6, 6.07) is 16.0. The van der Waals surface area contributed by atoms with Gasteiger partial charge >= 0.3 is 5.97 Å². The third kappa shape index (κ3) is 3.05. The average Bonchev–Trinajstić information content (AvgIpc) is 2.82. The monoisotopic (exact) mass is 337 g/mol. The molecule has 0 aliphatic rings. The minimum atomic E-state index is -0.860. The van der Waals surface area contributed by atoms with Crippen molar-refractivity contribution in [2.75, 3.05) is 5.73 Å². The van der Waals surface area contributed by atoms with Crippen molar-refractivity contribution in [2.24, 2.45) is 0 Å². The highest BCUT2D eigenvalue weighted by Crippen LogP contribution is 2.32. The summed E-state index contributed by atoms with van der Waals surface area (Å²) in [5.74, 6) is -0.860. The van der Waals surface area contributed by atoms with Gasteiger partial charge in [-0.25, -0.2) is 4.79 Å². The second-order valence-electron chi connectivity index (χ2n) is 5.84. The molecule has 0 aliphatic heterocycles. The first-order valence-corrected chi connectivity index (χ1v) is 8.55. The third-order valence-corrected chi connectivity index (χ3v) is 5.24. The number of hydrogen-bond donors (Lipinski definition) is 2. The highest BCUT2D eigenvalue weighted by atomic mass is 32.1. The SMILES string of the molecule is Cc1sc(C)c(C(=O)O)c1Cc1ccc(-c2ccccc2)c(N)c1. The van der Waals surface area contributed by atoms with Gasteiger partial charge in [-0.2, -0.15) is 0 Å². The predicted molar refractivity (Wildman–Crippen MR) is 99.8 cm³/mol. The van der Waals surface area contributed by atoms with E-state index in [0.29, 0.717) is 17.7 Å². The normalized spacial score (nSPS) is 10.8. The minimum absolute atomic E-state index is 0.434. The topological polar surface area (TPSA) is 63.3 Å². The molecule has 1 aromatic heterocycles. The lowest BCUT2D eigenvalue weighted by Crippen LogP contribution is -2.03. The van der Waals surface area contributed by atoms with Crippen LogP contribution in [-0.4, -0.2) is 11.1 Å². The number of rotatable bonds is 4. The van der Waals surface area contributed by atoms with Crippen molar-refractivity contribution in [2.45, 2.75) is 20.3 Å². The molecule has 0 saturated carbocycles. The van der Waals surface area contributed by atoms with Gasteiger partial charge in [0.2, 0.25) is 0 Å². The number of nitrogens with two attached hydrogens (primary N) is 1. The second-order valence-corrected chi connectivity index (χ2v) is 7.27. The van der Waals surface area contributed by atoms with E-state index in [-0.39, 0.29) is 0 Å². The Bertz CT molecular complexity index is 898. The van der Waals surface area contributed by atoms with E-state index >= 15 is 0 Å². The van der Waals surface area contributed by atoms with Crippen LogP contribution in [0, 0.1) is 13.8 Å². The molecule has 0 saturated heterocycles. The van der Waals surface area contributed by atoms with Crippen molar-refractivity contribution in [1.82, 2.24) is 0 Å². The van der Waals surface area contributed by atoms with Gasteiger partial charge in [-0.15, -0.1) is 11.3 Å². The molecule has 122 valence electrons. The Kier molecular flexibility index (Phi) is 4.40. The summed E-state index contributed by atoms with van der Waals surface area (Å²) in [6.45, 7) is 3.83. The summed E-state index contributed by atoms with van der Waals surface area (Å²) in [5.41, 5.74) is 11.4. The zero-order valence-electron chi connectivity index (χ0n) is 13.7. The van der Waals surface area contributed by atoms with Gasteiger partial charge in [-0.3, -0.25) is 0 Å². The number of hydrogen-bond acceptors (Lipinski definition) is 3. The number of thiophene rings is 1. The van der Waals surface area contributed by atoms with E-state index < -0.39 is 5.97 Å². The molecule has 0 amide bonds. The van der Waals surface area contributed by atoms with Crippen molar-refractivity contribution in [3.05, 3.63) is 75.0 Å². The number of carboxylic acid groups (broad SMARTS) is 1. The van der Waals surface area contributed by atoms with Gasteiger partial charge in [-0.05, 0) is 43.0 Å². The molecule has 0 bridgehead atoms. The first-order chi connectivity index (χ1) is 11.5. The van der Waals surface area contributed by atoms with Crippen molar-refractivity contribution in [3.63, 3.8) is 0 Å². The van der Waals surface area contributed by atoms with Crippen molar-refractivity contribution >= 4 is 23.0 Å². The van der Waals surface area contributed by atoms with E-state index in [4.69, 9.17) is 5.73 Å². The molecule has 0 radical (unpaired) electrons. The van der Waals surface area contributed by atoms with Crippen LogP contribution in [0.2, 0.25) is 0 Å². The first-order valence-electron chi connectivity index (χ1n) is 7.73. The minimum Gasteiger partial charge on any atom is -0.478 e. The van der Waals surface area contributed by atoms with Crippen LogP contribution in [0.15, 0.2) is 48.5 Å². The maximum Gasteiger partial charge on any atom is 0.337 e. The molecule has 0 aliphatic carbocycles. The smallest absolute Gasteiger partial charge is 0.337 e. The van der Waals surface area contributed by atoms with E-state index in [9.17, 15) is 9.90 Å². The van der Waals surface area contributed by atoms with Crippen LogP contribution < -0.4 is 5.73 Å². The lowest BCUT2D eigenvalue weighted by atomic mass is 9.97. The van der Waals surface area contributed by atoms with Crippen LogP contribution in [0.25, 0.3) is 11.1 Å². The summed E-state index contributed by atoms with van der Waals surface area (Å²) in [6.07, 6.45) is 0.580. The van der Waals surface area contributed by atoms with Crippen molar-refractivity contribution in [1.29, 1.82) is 0 Å². The molecular weight excluding hydrogens is 318 g/mol. The zero-order chi connectivity index (χ0) is 17.3. The number of aryl methyl sites for hydroxylation is 2. The highest BCUT2D eigenvalue weighted by molar-refractivity contribution is 7.12. The molecule has 0 atom stereocenters. The third-order valence-electron chi connectivity index (χ3n) is 4.18. The Morgan fingerprint density at radius 3 is 2.42 bits per heavy atom. The maximum atomic E-state index is 11.5. The quantitative estimate of drug-likeness (QED) is 0.665. The van der Waals surface area contributed by atoms with Crippen molar-refractivity contribution < 1.29 is 9.90 Å². The standard InChI is InChI=1S/C20H19NO2S/c1-12-17(19(20(22)23)13(2)24-12)10-14-8-9-16(18(21)11-14)15-6-4-3-5-7-15/h3-9,11H,10,21H2,1-2H3,(H,22,23). The molecular formula is C20H19NO2S. The number of anilines is 1. The molecule has 24 heavy (non-hydrogen) atoms. The number of benzene rings is 2. The summed E-state index contributed by atoms with van der Waals surface area (Å²) >= 11 is 1.54. The fraction of sp³-hybridized carbons (Fsp3) is 0.150. The second kappa shape index (κ2) is 6.49. The number of carboxylic acids is 1. The molecule has 2 aromatic carbocycles. The predicted octanol–water partition coefficient (Wildman–Crippen LogP) is 4.90. The van der Waals surface area contributed by atoms with Gasteiger partial charge in [0.1, 0.15) is 0 Å². The van der Waals surface area contributed by atoms with E-state index in [1.165, 1.54) is 11.3 Å². The van der Waals surface area contributed by atoms with Gasteiger partial charge in [0, 0.05) is 21.0 Å². The fourth-order valence-corrected chi connectivity index (χ4v) is 4.10. The van der Waals surface area contributed by atoms with Crippen LogP contribution in [0.1, 0.15) is 31.2 Å². The van der Waals surface area contributed by atoms with E-state index in [2.05, 4.69) is 0 Å². The Balaban J connectivity index is 1.96. The molecule has 0 spiro atoms. The van der Waals surface area contributed by atoms with E-state index in [1.54, 1.807) is 0 Å². The maximum absolute atomic E-state index is 11.5. The number of aromatic carboxylic acids is 1. The molecule has 1 heterocycles. The average molecular weight is 337 g/mol. The van der Waals surface area contributed by atoms with Crippen molar-refractivity contribution in [3.8, 4) is 11.1 Å². The Morgan fingerprint density at radius 1 is 1.08 bits per heavy atom. The first kappa shape index (κ1) is 16.3. The highest BCUT2D eigenvalue weighted by Gasteiger charge is 2.19. The molecule has 4 heteroatoms. The van der Waals surface area contributed by atoms with E-state index in [0.717, 1.165) is 32.0 Å². The molecule has 3 nitrogen and oxygen atoms in total. The Labute approximate surface area is 145 Å². The molecule has 3 N–H and O–H groups in total. The number of nitrogen functional groups attached to an aromatic ring is 1. The lowest BCUT2D eigenvalue weighted by Gasteiger charge is -2.10. The van der Waals surface area contributed by atoms with Crippen LogP contribution in [0.5, 0.6) is 0 Å². The molecule has 0 fully saturated rings. The zero-order valence-corrected chi connectivity index (χ0v) is 14.5. The summed E-state index contributed by atoms with van der Waals surface area (Å²) in [5, 5.41) is 9.47. The van der Waals surface area contributed by atoms with E-state index in [1.807, 2.05) is 62.4 Å². The molecule has 3 aromatic rings. The van der Waals surface area contributed by atoms with Crippen LogP contribution in [0.4, 0.5) is 5.69 Å². The Hall–Kier alpha value is -2.59. The summed E-state index contributed by atoms with van der Waals surface area (Å²) < 4.78 is 0. The van der Waals surface area contributed by atoms with Crippen LogP contribution >= 0.6 is 11.3 Å². The number of carbonyl (C=O) groups is 1.